The van der Waals surface area contributed by atoms with Gasteiger partial charge in [-0.3, -0.25) is 14.3 Å². The van der Waals surface area contributed by atoms with Gasteiger partial charge in [0.1, 0.15) is 11.5 Å². The van der Waals surface area contributed by atoms with Crippen molar-refractivity contribution in [1.82, 2.24) is 9.55 Å². The molecular weight excluding hydrogens is 292 g/mol. The molecule has 0 aliphatic carbocycles. The number of nitrogens with zero attached hydrogens (tertiary/aromatic N) is 2. The second kappa shape index (κ2) is 7.49. The third-order valence-electron chi connectivity index (χ3n) is 3.66. The molecule has 0 radical (unpaired) electrons. The highest BCUT2D eigenvalue weighted by atomic mass is 16.2. The predicted molar refractivity (Wildman–Crippen MR) is 94.0 cm³/mol. The van der Waals surface area contributed by atoms with Crippen molar-refractivity contribution in [1.29, 1.82) is 0 Å². The van der Waals surface area contributed by atoms with Gasteiger partial charge in [-0.25, -0.2) is 4.79 Å². The van der Waals surface area contributed by atoms with Crippen molar-refractivity contribution < 1.29 is 0 Å². The average molecular weight is 314 g/mol. The molecule has 1 aromatic carbocycles. The number of benzene rings is 1. The van der Waals surface area contributed by atoms with Gasteiger partial charge in [0.25, 0.3) is 5.56 Å². The Bertz CT molecular complexity index is 790. The first-order chi connectivity index (χ1) is 11.1. The number of allylic oxidation sites excluding steroid dienone is 1. The molecule has 2 aromatic rings. The normalized spacial score (nSPS) is 11.0. The molecular formula is C17H22N4O2. The molecule has 122 valence electrons. The number of nitrogen functional groups attached to an aromatic ring is 1. The van der Waals surface area contributed by atoms with E-state index >= 15 is 0 Å². The molecule has 2 rings (SSSR count). The van der Waals surface area contributed by atoms with Crippen LogP contribution >= 0.6 is 0 Å². The van der Waals surface area contributed by atoms with Gasteiger partial charge in [0, 0.05) is 13.1 Å². The van der Waals surface area contributed by atoms with Crippen LogP contribution in [0.5, 0.6) is 0 Å². The van der Waals surface area contributed by atoms with Crippen molar-refractivity contribution in [2.24, 2.45) is 0 Å². The smallest absolute Gasteiger partial charge is 0.330 e. The molecule has 6 nitrogen and oxygen atoms in total. The number of hydrogen-bond acceptors (Lipinski definition) is 4. The van der Waals surface area contributed by atoms with Gasteiger partial charge in [0.2, 0.25) is 0 Å². The highest BCUT2D eigenvalue weighted by Gasteiger charge is 2.17. The summed E-state index contributed by atoms with van der Waals surface area (Å²) in [7, 11) is 0. The van der Waals surface area contributed by atoms with Crippen LogP contribution in [0.2, 0.25) is 0 Å². The molecule has 0 amide bonds. The number of likely N-dealkylation sites (N-methyl/N-ethyl adjacent to an activating group) is 1. The molecule has 6 heteroatoms. The van der Waals surface area contributed by atoms with E-state index in [1.54, 1.807) is 0 Å². The number of hydrogen-bond donors (Lipinski definition) is 2. The zero-order chi connectivity index (χ0) is 16.8. The second-order valence-electron chi connectivity index (χ2n) is 5.17. The minimum atomic E-state index is -0.498. The summed E-state index contributed by atoms with van der Waals surface area (Å²) >= 11 is 0. The lowest BCUT2D eigenvalue weighted by atomic mass is 10.2. The first-order valence-corrected chi connectivity index (χ1v) is 7.61. The Morgan fingerprint density at radius 2 is 1.96 bits per heavy atom. The summed E-state index contributed by atoms with van der Waals surface area (Å²) in [5.41, 5.74) is 6.48. The lowest BCUT2D eigenvalue weighted by Crippen LogP contribution is -2.38. The molecule has 1 aromatic heterocycles. The minimum absolute atomic E-state index is 0.189. The number of aromatic amines is 1. The number of rotatable bonds is 6. The Morgan fingerprint density at radius 1 is 1.26 bits per heavy atom. The van der Waals surface area contributed by atoms with E-state index in [0.717, 1.165) is 5.56 Å². The number of nitrogens with one attached hydrogen (secondary N) is 1. The average Bonchev–Trinajstić information content (AvgIpc) is 2.55. The highest BCUT2D eigenvalue weighted by Crippen LogP contribution is 2.17. The van der Waals surface area contributed by atoms with Gasteiger partial charge in [0.15, 0.2) is 0 Å². The summed E-state index contributed by atoms with van der Waals surface area (Å²) in [5.74, 6) is 0.189. The highest BCUT2D eigenvalue weighted by molar-refractivity contribution is 5.62. The summed E-state index contributed by atoms with van der Waals surface area (Å²) < 4.78 is 1.39. The van der Waals surface area contributed by atoms with Gasteiger partial charge in [-0.15, -0.1) is 0 Å². The van der Waals surface area contributed by atoms with Gasteiger partial charge in [-0.1, -0.05) is 42.5 Å². The van der Waals surface area contributed by atoms with Gasteiger partial charge < -0.3 is 10.6 Å². The quantitative estimate of drug-likeness (QED) is 0.793. The fourth-order valence-electron chi connectivity index (χ4n) is 2.42. The van der Waals surface area contributed by atoms with Crippen molar-refractivity contribution in [3.05, 3.63) is 68.9 Å². The van der Waals surface area contributed by atoms with Crippen LogP contribution in [0, 0.1) is 0 Å². The van der Waals surface area contributed by atoms with Gasteiger partial charge in [-0.2, -0.15) is 0 Å². The van der Waals surface area contributed by atoms with Crippen LogP contribution in [0.3, 0.4) is 0 Å². The van der Waals surface area contributed by atoms with Gasteiger partial charge in [0.05, 0.1) is 6.54 Å². The van der Waals surface area contributed by atoms with Gasteiger partial charge >= 0.3 is 5.69 Å². The van der Waals surface area contributed by atoms with E-state index in [1.165, 1.54) is 4.57 Å². The van der Waals surface area contributed by atoms with Gasteiger partial charge in [-0.05, 0) is 19.4 Å². The van der Waals surface area contributed by atoms with Crippen molar-refractivity contribution in [2.45, 2.75) is 20.4 Å². The first-order valence-electron chi connectivity index (χ1n) is 7.61. The maximum absolute atomic E-state index is 12.2. The number of H-pyrrole nitrogens is 1. The Morgan fingerprint density at radius 3 is 2.57 bits per heavy atom. The SMILES string of the molecule is C/C=C/CN(CC)c1c(N)n(Cc2ccccc2)c(=O)[nH]c1=O. The fourth-order valence-corrected chi connectivity index (χ4v) is 2.42. The van der Waals surface area contributed by atoms with E-state index in [4.69, 9.17) is 5.73 Å². The third kappa shape index (κ3) is 3.71. The molecule has 0 spiro atoms. The van der Waals surface area contributed by atoms with Crippen molar-refractivity contribution in [3.63, 3.8) is 0 Å². The summed E-state index contributed by atoms with van der Waals surface area (Å²) in [6.07, 6.45) is 3.85. The molecule has 3 N–H and O–H groups in total. The molecule has 0 saturated carbocycles. The third-order valence-corrected chi connectivity index (χ3v) is 3.66. The monoisotopic (exact) mass is 314 g/mol. The number of aromatic nitrogens is 2. The van der Waals surface area contributed by atoms with Crippen LogP contribution in [0.4, 0.5) is 11.5 Å². The molecule has 1 heterocycles. The predicted octanol–water partition coefficient (Wildman–Crippen LogP) is 1.57. The topological polar surface area (TPSA) is 84.1 Å². The molecule has 0 saturated heterocycles. The van der Waals surface area contributed by atoms with Crippen LogP contribution in [-0.2, 0) is 6.54 Å². The van der Waals surface area contributed by atoms with Crippen LogP contribution in [0.15, 0.2) is 52.1 Å². The summed E-state index contributed by atoms with van der Waals surface area (Å²) in [6.45, 7) is 5.34. The fraction of sp³-hybridized carbons (Fsp3) is 0.294. The number of nitrogens with two attached hydrogens (primary N) is 1. The first kappa shape index (κ1) is 16.6. The lowest BCUT2D eigenvalue weighted by molar-refractivity contribution is 0.724. The summed E-state index contributed by atoms with van der Waals surface area (Å²) in [6, 6.07) is 9.52. The van der Waals surface area contributed by atoms with E-state index in [0.29, 0.717) is 25.3 Å². The maximum Gasteiger partial charge on any atom is 0.330 e. The zero-order valence-corrected chi connectivity index (χ0v) is 13.5. The zero-order valence-electron chi connectivity index (χ0n) is 13.5. The molecule has 0 aliphatic rings. The molecule has 0 bridgehead atoms. The standard InChI is InChI=1S/C17H22N4O2/c1-3-5-11-20(4-2)14-15(18)21(17(23)19-16(14)22)12-13-9-7-6-8-10-13/h3,5-10H,4,11-12,18H2,1-2H3,(H,19,22,23)/b5-3+. The van der Waals surface area contributed by atoms with Crippen molar-refractivity contribution >= 4 is 11.5 Å². The Kier molecular flexibility index (Phi) is 5.41. The minimum Gasteiger partial charge on any atom is -0.383 e. The maximum atomic E-state index is 12.2. The van der Waals surface area contributed by atoms with E-state index in [2.05, 4.69) is 4.98 Å². The largest absolute Gasteiger partial charge is 0.383 e. The molecule has 23 heavy (non-hydrogen) atoms. The van der Waals surface area contributed by atoms with Crippen molar-refractivity contribution in [3.8, 4) is 0 Å². The molecule has 0 unspecified atom stereocenters. The Balaban J connectivity index is 2.50. The summed E-state index contributed by atoms with van der Waals surface area (Å²) in [4.78, 5) is 28.6. The van der Waals surface area contributed by atoms with E-state index < -0.39 is 11.2 Å². The van der Waals surface area contributed by atoms with Crippen LogP contribution in [0.25, 0.3) is 0 Å². The Hall–Kier alpha value is -2.76. The van der Waals surface area contributed by atoms with Crippen molar-refractivity contribution in [2.75, 3.05) is 23.7 Å². The molecule has 0 atom stereocenters. The van der Waals surface area contributed by atoms with Crippen LogP contribution in [0.1, 0.15) is 19.4 Å². The van der Waals surface area contributed by atoms with E-state index in [-0.39, 0.29) is 5.82 Å². The van der Waals surface area contributed by atoms with Crippen LogP contribution < -0.4 is 21.9 Å². The van der Waals surface area contributed by atoms with E-state index in [1.807, 2.05) is 61.2 Å². The number of anilines is 2. The van der Waals surface area contributed by atoms with Crippen LogP contribution in [-0.4, -0.2) is 22.6 Å². The Labute approximate surface area is 134 Å². The lowest BCUT2D eigenvalue weighted by Gasteiger charge is -2.23. The van der Waals surface area contributed by atoms with E-state index in [9.17, 15) is 9.59 Å². The molecule has 0 fully saturated rings. The summed E-state index contributed by atoms with van der Waals surface area (Å²) in [5, 5.41) is 0. The molecule has 0 aliphatic heterocycles. The second-order valence-corrected chi connectivity index (χ2v) is 5.17.